The molecule has 0 radical (unpaired) electrons. The molecule has 4 rings (SSSR count). The first kappa shape index (κ1) is 18.4. The second-order valence-electron chi connectivity index (χ2n) is 6.41. The number of ketones is 1. The number of aromatic nitrogens is 2. The number of nitrogens with zero attached hydrogens (tertiary/aromatic N) is 2. The predicted molar refractivity (Wildman–Crippen MR) is 102 cm³/mol. The van der Waals surface area contributed by atoms with E-state index >= 15 is 0 Å². The van der Waals surface area contributed by atoms with Crippen molar-refractivity contribution in [3.8, 4) is 5.75 Å². The number of rotatable bonds is 5. The first-order valence-electron chi connectivity index (χ1n) is 8.58. The normalized spacial score (nSPS) is 14.6. The highest BCUT2D eigenvalue weighted by atomic mass is 35.5. The topological polar surface area (TPSA) is 64.3 Å². The second-order valence-corrected chi connectivity index (χ2v) is 6.41. The minimum absolute atomic E-state index is 0. The van der Waals surface area contributed by atoms with Gasteiger partial charge in [0.05, 0.1) is 23.9 Å². The van der Waals surface area contributed by atoms with Gasteiger partial charge in [-0.05, 0) is 31.0 Å². The Hall–Kier alpha value is -2.37. The number of halogens is 1. The van der Waals surface area contributed by atoms with Crippen LogP contribution in [0.4, 0.5) is 0 Å². The summed E-state index contributed by atoms with van der Waals surface area (Å²) in [6.07, 6.45) is 3.38. The lowest BCUT2D eigenvalue weighted by Crippen LogP contribution is -2.24. The van der Waals surface area contributed by atoms with E-state index in [9.17, 15) is 9.90 Å². The lowest BCUT2D eigenvalue weighted by molar-refractivity contribution is 0.0919. The van der Waals surface area contributed by atoms with Crippen molar-refractivity contribution in [2.24, 2.45) is 0 Å². The number of benzene rings is 2. The number of hydrogen-bond donors (Lipinski definition) is 1. The van der Waals surface area contributed by atoms with Crippen LogP contribution in [0.2, 0.25) is 0 Å². The van der Waals surface area contributed by atoms with Crippen molar-refractivity contribution in [1.29, 1.82) is 0 Å². The minimum atomic E-state index is -0.659. The van der Waals surface area contributed by atoms with Gasteiger partial charge in [-0.1, -0.05) is 24.3 Å². The predicted octanol–water partition coefficient (Wildman–Crippen LogP) is 3.42. The smallest absolute Gasteiger partial charge is 0.163 e. The van der Waals surface area contributed by atoms with E-state index in [0.29, 0.717) is 18.7 Å². The van der Waals surface area contributed by atoms with Gasteiger partial charge in [0, 0.05) is 17.5 Å². The van der Waals surface area contributed by atoms with Crippen molar-refractivity contribution >= 4 is 29.2 Å². The summed E-state index contributed by atoms with van der Waals surface area (Å²) in [5, 5.41) is 10.4. The number of para-hydroxylation sites is 2. The molecule has 1 unspecified atom stereocenters. The number of Topliss-reactive ketones (excluding diaryl/α,β-unsaturated/α-hetero) is 1. The number of hydrogen-bond acceptors (Lipinski definition) is 4. The highest BCUT2D eigenvalue weighted by molar-refractivity contribution is 5.99. The molecular formula is C20H21ClN2O3. The molecule has 0 bridgehead atoms. The lowest BCUT2D eigenvalue weighted by Gasteiger charge is -2.20. The van der Waals surface area contributed by atoms with Gasteiger partial charge in [0.25, 0.3) is 0 Å². The molecule has 1 N–H and O–H groups in total. The molecule has 1 aliphatic carbocycles. The van der Waals surface area contributed by atoms with E-state index in [1.165, 1.54) is 0 Å². The maximum absolute atomic E-state index is 12.0. The quantitative estimate of drug-likeness (QED) is 0.745. The van der Waals surface area contributed by atoms with E-state index in [2.05, 4.69) is 4.98 Å². The Kier molecular flexibility index (Phi) is 5.59. The van der Waals surface area contributed by atoms with Gasteiger partial charge >= 0.3 is 0 Å². The Bertz CT molecular complexity index is 922. The number of carbonyl (C=O) groups is 1. The van der Waals surface area contributed by atoms with Crippen LogP contribution in [-0.2, 0) is 13.0 Å². The van der Waals surface area contributed by atoms with E-state index in [4.69, 9.17) is 4.74 Å². The fourth-order valence-electron chi connectivity index (χ4n) is 3.40. The number of aliphatic hydroxyl groups is 1. The summed E-state index contributed by atoms with van der Waals surface area (Å²) in [5.41, 5.74) is 3.63. The van der Waals surface area contributed by atoms with E-state index in [1.54, 1.807) is 6.33 Å². The second kappa shape index (κ2) is 7.89. The summed E-state index contributed by atoms with van der Waals surface area (Å²) in [5.74, 6) is 0.886. The fraction of sp³-hybridized carbons (Fsp3) is 0.300. The largest absolute Gasteiger partial charge is 0.491 e. The number of fused-ring (bicyclic) bond motifs is 2. The van der Waals surface area contributed by atoms with Crippen LogP contribution in [0, 0.1) is 0 Å². The fourth-order valence-corrected chi connectivity index (χ4v) is 3.40. The van der Waals surface area contributed by atoms with Gasteiger partial charge in [-0.15, -0.1) is 12.4 Å². The molecule has 0 amide bonds. The zero-order valence-corrected chi connectivity index (χ0v) is 15.1. The van der Waals surface area contributed by atoms with Gasteiger partial charge < -0.3 is 14.4 Å². The number of imidazole rings is 1. The summed E-state index contributed by atoms with van der Waals surface area (Å²) in [4.78, 5) is 16.3. The molecule has 6 heteroatoms. The zero-order valence-electron chi connectivity index (χ0n) is 14.3. The molecule has 2 aromatic carbocycles. The van der Waals surface area contributed by atoms with Crippen LogP contribution in [0.15, 0.2) is 48.8 Å². The first-order valence-corrected chi connectivity index (χ1v) is 8.58. The summed E-state index contributed by atoms with van der Waals surface area (Å²) >= 11 is 0. The molecule has 1 aliphatic rings. The average molecular weight is 373 g/mol. The van der Waals surface area contributed by atoms with E-state index in [1.807, 2.05) is 47.0 Å². The molecule has 0 saturated heterocycles. The van der Waals surface area contributed by atoms with Crippen LogP contribution in [0.3, 0.4) is 0 Å². The molecule has 1 aromatic heterocycles. The van der Waals surface area contributed by atoms with Gasteiger partial charge in [-0.25, -0.2) is 4.98 Å². The molecular weight excluding hydrogens is 352 g/mol. The number of aliphatic hydroxyl groups excluding tert-OH is 1. The Labute approximate surface area is 158 Å². The molecule has 3 aromatic rings. The van der Waals surface area contributed by atoms with E-state index < -0.39 is 6.10 Å². The van der Waals surface area contributed by atoms with Gasteiger partial charge in [-0.2, -0.15) is 0 Å². The summed E-state index contributed by atoms with van der Waals surface area (Å²) in [6.45, 7) is 0.589. The summed E-state index contributed by atoms with van der Waals surface area (Å²) < 4.78 is 7.76. The first-order chi connectivity index (χ1) is 12.2. The molecule has 136 valence electrons. The highest BCUT2D eigenvalue weighted by Gasteiger charge is 2.20. The molecule has 26 heavy (non-hydrogen) atoms. The van der Waals surface area contributed by atoms with Crippen molar-refractivity contribution in [3.05, 3.63) is 59.9 Å². The maximum Gasteiger partial charge on any atom is 0.163 e. The minimum Gasteiger partial charge on any atom is -0.491 e. The van der Waals surface area contributed by atoms with Crippen LogP contribution < -0.4 is 4.74 Å². The third kappa shape index (κ3) is 3.59. The van der Waals surface area contributed by atoms with Crippen molar-refractivity contribution in [3.63, 3.8) is 0 Å². The van der Waals surface area contributed by atoms with E-state index in [0.717, 1.165) is 35.0 Å². The maximum atomic E-state index is 12.0. The Morgan fingerprint density at radius 3 is 2.88 bits per heavy atom. The van der Waals surface area contributed by atoms with Crippen molar-refractivity contribution in [1.82, 2.24) is 9.55 Å². The highest BCUT2D eigenvalue weighted by Crippen LogP contribution is 2.29. The standard InChI is InChI=1S/C20H20N2O3.ClH/c23-14(11-22-13-21-17-7-1-2-8-18(17)22)12-25-20-10-4-5-15-16(20)6-3-9-19(15)24;/h1-2,4-5,7-8,10,13-14,23H,3,6,9,11-12H2;1H. The van der Waals surface area contributed by atoms with Gasteiger partial charge in [0.1, 0.15) is 18.5 Å². The molecule has 0 aliphatic heterocycles. The van der Waals surface area contributed by atoms with Gasteiger partial charge in [0.2, 0.25) is 0 Å². The van der Waals surface area contributed by atoms with Crippen molar-refractivity contribution in [2.45, 2.75) is 31.9 Å². The van der Waals surface area contributed by atoms with Crippen molar-refractivity contribution in [2.75, 3.05) is 6.61 Å². The monoisotopic (exact) mass is 372 g/mol. The lowest BCUT2D eigenvalue weighted by atomic mass is 9.90. The molecule has 5 nitrogen and oxygen atoms in total. The Morgan fingerprint density at radius 1 is 1.15 bits per heavy atom. The number of ether oxygens (including phenoxy) is 1. The molecule has 0 fully saturated rings. The Morgan fingerprint density at radius 2 is 2.00 bits per heavy atom. The Balaban J connectivity index is 0.00000196. The van der Waals surface area contributed by atoms with E-state index in [-0.39, 0.29) is 24.8 Å². The third-order valence-corrected chi connectivity index (χ3v) is 4.63. The van der Waals surface area contributed by atoms with Gasteiger partial charge in [-0.3, -0.25) is 4.79 Å². The van der Waals surface area contributed by atoms with Gasteiger partial charge in [0.15, 0.2) is 5.78 Å². The average Bonchev–Trinajstić information content (AvgIpc) is 3.03. The third-order valence-electron chi connectivity index (χ3n) is 4.63. The molecule has 1 heterocycles. The van der Waals surface area contributed by atoms with Crippen LogP contribution >= 0.6 is 12.4 Å². The van der Waals surface area contributed by atoms with Crippen LogP contribution in [0.25, 0.3) is 11.0 Å². The molecule has 1 atom stereocenters. The summed E-state index contributed by atoms with van der Waals surface area (Å²) in [6, 6.07) is 13.4. The van der Waals surface area contributed by atoms with Crippen LogP contribution in [0.1, 0.15) is 28.8 Å². The molecule has 0 spiro atoms. The molecule has 0 saturated carbocycles. The SMILES string of the molecule is Cl.O=C1CCCc2c(OCC(O)Cn3cnc4ccccc43)cccc21. The summed E-state index contributed by atoms with van der Waals surface area (Å²) in [7, 11) is 0. The van der Waals surface area contributed by atoms with Crippen molar-refractivity contribution < 1.29 is 14.6 Å². The van der Waals surface area contributed by atoms with Crippen LogP contribution in [0.5, 0.6) is 5.75 Å². The van der Waals surface area contributed by atoms with Crippen LogP contribution in [-0.4, -0.2) is 33.2 Å². The zero-order chi connectivity index (χ0) is 17.2. The number of carbonyl (C=O) groups excluding carboxylic acids is 1.